The fourth-order valence-corrected chi connectivity index (χ4v) is 3.26. The minimum atomic E-state index is 0.0224. The average Bonchev–Trinajstić information content (AvgIpc) is 3.29. The fourth-order valence-electron chi connectivity index (χ4n) is 2.70. The molecule has 2 heterocycles. The molecular weight excluding hydrogens is 294 g/mol. The van der Waals surface area contributed by atoms with Gasteiger partial charge in [0.05, 0.1) is 17.0 Å². The molecule has 0 bridgehead atoms. The van der Waals surface area contributed by atoms with Crippen LogP contribution in [0.25, 0.3) is 22.5 Å². The van der Waals surface area contributed by atoms with Crippen molar-refractivity contribution in [1.82, 2.24) is 9.55 Å². The molecule has 0 saturated heterocycles. The Labute approximate surface area is 131 Å². The van der Waals surface area contributed by atoms with Crippen LogP contribution in [-0.2, 0) is 0 Å². The summed E-state index contributed by atoms with van der Waals surface area (Å²) < 4.78 is 1.92. The van der Waals surface area contributed by atoms with E-state index in [-0.39, 0.29) is 5.56 Å². The van der Waals surface area contributed by atoms with Crippen molar-refractivity contribution in [3.05, 3.63) is 58.2 Å². The van der Waals surface area contributed by atoms with E-state index in [9.17, 15) is 4.79 Å². The van der Waals surface area contributed by atoms with Gasteiger partial charge in [0.1, 0.15) is 0 Å². The number of aromatic nitrogens is 2. The van der Waals surface area contributed by atoms with E-state index >= 15 is 0 Å². The second kappa shape index (κ2) is 5.10. The molecule has 1 aromatic carbocycles. The smallest absolute Gasteiger partial charge is 0.260 e. The summed E-state index contributed by atoms with van der Waals surface area (Å²) in [5.41, 5.74) is 9.05. The van der Waals surface area contributed by atoms with E-state index in [4.69, 9.17) is 5.73 Å². The Morgan fingerprint density at radius 1 is 1.14 bits per heavy atom. The lowest BCUT2D eigenvalue weighted by molar-refractivity contribution is 0.717. The number of benzene rings is 1. The van der Waals surface area contributed by atoms with Gasteiger partial charge in [-0.15, -0.1) is 11.3 Å². The molecule has 4 nitrogen and oxygen atoms in total. The van der Waals surface area contributed by atoms with Crippen LogP contribution in [0.5, 0.6) is 0 Å². The van der Waals surface area contributed by atoms with Crippen molar-refractivity contribution in [2.75, 3.05) is 5.73 Å². The van der Waals surface area contributed by atoms with Crippen molar-refractivity contribution in [2.24, 2.45) is 0 Å². The molecular formula is C17H15N3OS. The first-order valence-corrected chi connectivity index (χ1v) is 8.14. The van der Waals surface area contributed by atoms with Crippen LogP contribution in [0.3, 0.4) is 0 Å². The van der Waals surface area contributed by atoms with Crippen LogP contribution in [0.4, 0.5) is 5.13 Å². The third-order valence-corrected chi connectivity index (χ3v) is 4.57. The maximum atomic E-state index is 12.9. The molecule has 3 aromatic rings. The zero-order valence-electron chi connectivity index (χ0n) is 11.9. The van der Waals surface area contributed by atoms with Gasteiger partial charge < -0.3 is 10.3 Å². The molecule has 1 fully saturated rings. The van der Waals surface area contributed by atoms with Gasteiger partial charge in [0.15, 0.2) is 5.13 Å². The Morgan fingerprint density at radius 2 is 1.91 bits per heavy atom. The molecule has 110 valence electrons. The lowest BCUT2D eigenvalue weighted by Crippen LogP contribution is -2.22. The zero-order chi connectivity index (χ0) is 15.1. The van der Waals surface area contributed by atoms with Gasteiger partial charge in [-0.05, 0) is 30.5 Å². The van der Waals surface area contributed by atoms with Crippen LogP contribution in [0, 0.1) is 0 Å². The summed E-state index contributed by atoms with van der Waals surface area (Å²) in [4.78, 5) is 17.2. The molecule has 0 atom stereocenters. The van der Waals surface area contributed by atoms with E-state index in [2.05, 4.69) is 4.98 Å². The van der Waals surface area contributed by atoms with Gasteiger partial charge in [0.25, 0.3) is 5.56 Å². The Hall–Kier alpha value is -2.40. The number of hydrogen-bond acceptors (Lipinski definition) is 4. The van der Waals surface area contributed by atoms with Crippen molar-refractivity contribution in [3.63, 3.8) is 0 Å². The number of nitrogens with zero attached hydrogens (tertiary/aromatic N) is 2. The second-order valence-electron chi connectivity index (χ2n) is 5.48. The van der Waals surface area contributed by atoms with Crippen molar-refractivity contribution in [1.29, 1.82) is 0 Å². The highest BCUT2D eigenvalue weighted by molar-refractivity contribution is 7.13. The SMILES string of the molecule is Nc1nc(-c2ccc(-c3ccccc3)n(C3CC3)c2=O)cs1. The summed E-state index contributed by atoms with van der Waals surface area (Å²) in [7, 11) is 0. The molecule has 2 aromatic heterocycles. The number of rotatable bonds is 3. The van der Waals surface area contributed by atoms with Crippen LogP contribution >= 0.6 is 11.3 Å². The van der Waals surface area contributed by atoms with Crippen LogP contribution in [0.1, 0.15) is 18.9 Å². The lowest BCUT2D eigenvalue weighted by Gasteiger charge is -2.13. The Morgan fingerprint density at radius 3 is 2.55 bits per heavy atom. The number of pyridine rings is 1. The fraction of sp³-hybridized carbons (Fsp3) is 0.176. The number of nitrogen functional groups attached to an aromatic ring is 1. The van der Waals surface area contributed by atoms with Crippen LogP contribution in [-0.4, -0.2) is 9.55 Å². The monoisotopic (exact) mass is 309 g/mol. The third-order valence-electron chi connectivity index (χ3n) is 3.90. The average molecular weight is 309 g/mol. The number of thiazole rings is 1. The van der Waals surface area contributed by atoms with E-state index < -0.39 is 0 Å². The molecule has 0 aliphatic heterocycles. The number of hydrogen-bond donors (Lipinski definition) is 1. The van der Waals surface area contributed by atoms with E-state index in [0.717, 1.165) is 24.1 Å². The highest BCUT2D eigenvalue weighted by atomic mass is 32.1. The van der Waals surface area contributed by atoms with Gasteiger partial charge in [-0.1, -0.05) is 30.3 Å². The molecule has 1 saturated carbocycles. The maximum Gasteiger partial charge on any atom is 0.260 e. The van der Waals surface area contributed by atoms with Gasteiger partial charge in [-0.3, -0.25) is 4.79 Å². The number of anilines is 1. The molecule has 22 heavy (non-hydrogen) atoms. The molecule has 0 amide bonds. The highest BCUT2D eigenvalue weighted by Gasteiger charge is 2.28. The summed E-state index contributed by atoms with van der Waals surface area (Å²) >= 11 is 1.36. The van der Waals surface area contributed by atoms with Gasteiger partial charge >= 0.3 is 0 Å². The molecule has 0 unspecified atom stereocenters. The van der Waals surface area contributed by atoms with Crippen molar-refractivity contribution in [3.8, 4) is 22.5 Å². The van der Waals surface area contributed by atoms with Crippen molar-refractivity contribution >= 4 is 16.5 Å². The minimum Gasteiger partial charge on any atom is -0.375 e. The molecule has 1 aliphatic rings. The topological polar surface area (TPSA) is 60.9 Å². The first-order chi connectivity index (χ1) is 10.7. The normalized spacial score (nSPS) is 14.2. The maximum absolute atomic E-state index is 12.9. The summed E-state index contributed by atoms with van der Waals surface area (Å²) in [6, 6.07) is 14.2. The largest absolute Gasteiger partial charge is 0.375 e. The first-order valence-electron chi connectivity index (χ1n) is 7.26. The Bertz CT molecular complexity index is 878. The zero-order valence-corrected chi connectivity index (χ0v) is 12.7. The standard InChI is InChI=1S/C17H15N3OS/c18-17-19-14(10-22-17)13-8-9-15(11-4-2-1-3-5-11)20(16(13)21)12-6-7-12/h1-5,8-10,12H,6-7H2,(H2,18,19). The van der Waals surface area contributed by atoms with E-state index in [1.165, 1.54) is 11.3 Å². The molecule has 1 aliphatic carbocycles. The Kier molecular flexibility index (Phi) is 3.08. The first kappa shape index (κ1) is 13.3. The van der Waals surface area contributed by atoms with Crippen molar-refractivity contribution in [2.45, 2.75) is 18.9 Å². The minimum absolute atomic E-state index is 0.0224. The van der Waals surface area contributed by atoms with Gasteiger partial charge in [0, 0.05) is 11.4 Å². The summed E-state index contributed by atoms with van der Waals surface area (Å²) in [6.07, 6.45) is 2.12. The number of nitrogens with two attached hydrogens (primary N) is 1. The third kappa shape index (κ3) is 2.23. The molecule has 2 N–H and O–H groups in total. The van der Waals surface area contributed by atoms with Crippen LogP contribution in [0.2, 0.25) is 0 Å². The van der Waals surface area contributed by atoms with Gasteiger partial charge in [-0.25, -0.2) is 4.98 Å². The molecule has 0 spiro atoms. The highest BCUT2D eigenvalue weighted by Crippen LogP contribution is 2.37. The Balaban J connectivity index is 1.92. The predicted molar refractivity (Wildman–Crippen MR) is 89.9 cm³/mol. The second-order valence-corrected chi connectivity index (χ2v) is 6.37. The van der Waals surface area contributed by atoms with E-state index in [1.807, 2.05) is 52.4 Å². The van der Waals surface area contributed by atoms with E-state index in [1.54, 1.807) is 0 Å². The van der Waals surface area contributed by atoms with Gasteiger partial charge in [-0.2, -0.15) is 0 Å². The predicted octanol–water partition coefficient (Wildman–Crippen LogP) is 3.56. The molecule has 4 rings (SSSR count). The summed E-state index contributed by atoms with van der Waals surface area (Å²) in [6.45, 7) is 0. The quantitative estimate of drug-likeness (QED) is 0.804. The summed E-state index contributed by atoms with van der Waals surface area (Å²) in [5, 5.41) is 2.32. The lowest BCUT2D eigenvalue weighted by atomic mass is 10.1. The van der Waals surface area contributed by atoms with Gasteiger partial charge in [0.2, 0.25) is 0 Å². The summed E-state index contributed by atoms with van der Waals surface area (Å²) in [5.74, 6) is 0. The van der Waals surface area contributed by atoms with Crippen LogP contribution in [0.15, 0.2) is 52.6 Å². The van der Waals surface area contributed by atoms with Crippen LogP contribution < -0.4 is 11.3 Å². The molecule has 5 heteroatoms. The molecule has 0 radical (unpaired) electrons. The van der Waals surface area contributed by atoms with Crippen molar-refractivity contribution < 1.29 is 0 Å². The van der Waals surface area contributed by atoms with E-state index in [0.29, 0.717) is 22.4 Å².